The average molecular weight is 542 g/mol. The summed E-state index contributed by atoms with van der Waals surface area (Å²) in [7, 11) is 1.53. The van der Waals surface area contributed by atoms with Crippen LogP contribution in [0.4, 0.5) is 0 Å². The van der Waals surface area contributed by atoms with Gasteiger partial charge in [-0.3, -0.25) is 4.98 Å². The normalized spacial score (nSPS) is 10.6. The molecular formula is C27H28BrNO6. The Balaban J connectivity index is 2.13. The van der Waals surface area contributed by atoms with Gasteiger partial charge in [0.25, 0.3) is 0 Å². The van der Waals surface area contributed by atoms with Crippen molar-refractivity contribution in [1.29, 1.82) is 0 Å². The van der Waals surface area contributed by atoms with Crippen LogP contribution in [0.15, 0.2) is 46.9 Å². The molecule has 1 aromatic heterocycles. The molecule has 8 heteroatoms. The molecule has 0 spiro atoms. The number of carbonyl (C=O) groups excluding carboxylic acids is 2. The zero-order valence-electron chi connectivity index (χ0n) is 20.4. The molecule has 0 saturated carbocycles. The van der Waals surface area contributed by atoms with Crippen molar-refractivity contribution in [3.8, 4) is 22.6 Å². The topological polar surface area (TPSA) is 84.0 Å². The van der Waals surface area contributed by atoms with Crippen molar-refractivity contribution in [3.05, 3.63) is 75.0 Å². The Labute approximate surface area is 213 Å². The van der Waals surface area contributed by atoms with Gasteiger partial charge < -0.3 is 18.9 Å². The van der Waals surface area contributed by atoms with Crippen molar-refractivity contribution in [2.24, 2.45) is 0 Å². The van der Waals surface area contributed by atoms with Gasteiger partial charge in [-0.05, 0) is 63.1 Å². The zero-order chi connectivity index (χ0) is 25.5. The highest BCUT2D eigenvalue weighted by Crippen LogP contribution is 2.38. The molecule has 1 heterocycles. The van der Waals surface area contributed by atoms with Gasteiger partial charge in [0.05, 0.1) is 42.8 Å². The molecule has 3 rings (SSSR count). The van der Waals surface area contributed by atoms with Crippen LogP contribution in [-0.4, -0.2) is 37.2 Å². The lowest BCUT2D eigenvalue weighted by Crippen LogP contribution is -2.17. The van der Waals surface area contributed by atoms with Crippen LogP contribution in [0, 0.1) is 13.8 Å². The molecule has 35 heavy (non-hydrogen) atoms. The highest BCUT2D eigenvalue weighted by molar-refractivity contribution is 9.10. The predicted octanol–water partition coefficient (Wildman–Crippen LogP) is 6.07. The summed E-state index contributed by atoms with van der Waals surface area (Å²) in [5.41, 5.74) is 3.30. The van der Waals surface area contributed by atoms with E-state index >= 15 is 0 Å². The number of methoxy groups -OCH3 is 1. The number of rotatable bonds is 9. The SMILES string of the molecule is CCOC(=O)c1c(C)nc(C)c(C(=O)OCC)c1-c1ccc(OCc2cccc(Br)c2)c(OC)c1. The molecule has 0 aliphatic heterocycles. The van der Waals surface area contributed by atoms with E-state index in [9.17, 15) is 9.59 Å². The molecule has 3 aromatic rings. The highest BCUT2D eigenvalue weighted by atomic mass is 79.9. The Bertz CT molecular complexity index is 1200. The molecule has 0 saturated heterocycles. The van der Waals surface area contributed by atoms with Gasteiger partial charge in [0.2, 0.25) is 0 Å². The first-order valence-corrected chi connectivity index (χ1v) is 12.0. The lowest BCUT2D eigenvalue weighted by atomic mass is 9.92. The second-order valence-corrected chi connectivity index (χ2v) is 8.55. The van der Waals surface area contributed by atoms with Crippen LogP contribution in [0.1, 0.15) is 51.5 Å². The molecule has 0 N–H and O–H groups in total. The summed E-state index contributed by atoms with van der Waals surface area (Å²) in [5, 5.41) is 0. The molecule has 0 aliphatic rings. The molecule has 7 nitrogen and oxygen atoms in total. The summed E-state index contributed by atoms with van der Waals surface area (Å²) < 4.78 is 23.1. The first kappa shape index (κ1) is 26.2. The summed E-state index contributed by atoms with van der Waals surface area (Å²) >= 11 is 3.46. The molecule has 0 bridgehead atoms. The van der Waals surface area contributed by atoms with Crippen molar-refractivity contribution >= 4 is 27.9 Å². The largest absolute Gasteiger partial charge is 0.493 e. The lowest BCUT2D eigenvalue weighted by Gasteiger charge is -2.19. The number of hydrogen-bond donors (Lipinski definition) is 0. The molecule has 0 fully saturated rings. The Morgan fingerprint density at radius 1 is 0.886 bits per heavy atom. The van der Waals surface area contributed by atoms with Crippen LogP contribution in [0.3, 0.4) is 0 Å². The average Bonchev–Trinajstić information content (AvgIpc) is 2.82. The number of pyridine rings is 1. The van der Waals surface area contributed by atoms with Crippen molar-refractivity contribution in [3.63, 3.8) is 0 Å². The number of nitrogens with zero attached hydrogens (tertiary/aromatic N) is 1. The van der Waals surface area contributed by atoms with Crippen LogP contribution in [-0.2, 0) is 16.1 Å². The zero-order valence-corrected chi connectivity index (χ0v) is 22.0. The fourth-order valence-corrected chi connectivity index (χ4v) is 4.22. The summed E-state index contributed by atoms with van der Waals surface area (Å²) in [6, 6.07) is 13.1. The third kappa shape index (κ3) is 6.00. The van der Waals surface area contributed by atoms with E-state index in [1.807, 2.05) is 24.3 Å². The monoisotopic (exact) mass is 541 g/mol. The maximum absolute atomic E-state index is 12.9. The van der Waals surface area contributed by atoms with E-state index < -0.39 is 11.9 Å². The number of ether oxygens (including phenoxy) is 4. The number of esters is 2. The van der Waals surface area contributed by atoms with Gasteiger partial charge in [0, 0.05) is 10.0 Å². The minimum Gasteiger partial charge on any atom is -0.493 e. The molecule has 0 radical (unpaired) electrons. The Morgan fingerprint density at radius 3 is 2.06 bits per heavy atom. The molecular weight excluding hydrogens is 514 g/mol. The summed E-state index contributed by atoms with van der Waals surface area (Å²) in [6.07, 6.45) is 0. The van der Waals surface area contributed by atoms with Gasteiger partial charge in [0.1, 0.15) is 6.61 Å². The van der Waals surface area contributed by atoms with Crippen molar-refractivity contribution < 1.29 is 28.5 Å². The maximum atomic E-state index is 12.9. The van der Waals surface area contributed by atoms with Crippen molar-refractivity contribution in [2.75, 3.05) is 20.3 Å². The third-order valence-corrected chi connectivity index (χ3v) is 5.75. The van der Waals surface area contributed by atoms with Gasteiger partial charge in [-0.25, -0.2) is 9.59 Å². The van der Waals surface area contributed by atoms with E-state index in [0.717, 1.165) is 10.0 Å². The first-order chi connectivity index (χ1) is 16.8. The number of halogens is 1. The molecule has 0 amide bonds. The predicted molar refractivity (Wildman–Crippen MR) is 136 cm³/mol. The fourth-order valence-electron chi connectivity index (χ4n) is 3.78. The molecule has 0 aliphatic carbocycles. The van der Waals surface area contributed by atoms with Gasteiger partial charge in [0.15, 0.2) is 11.5 Å². The standard InChI is InChI=1S/C27H28BrNO6/c1-6-33-26(30)23-16(3)29-17(4)24(27(31)34-7-2)25(23)19-11-12-21(22(14-19)32-5)35-15-18-9-8-10-20(28)13-18/h8-14H,6-7,15H2,1-5H3. The Hall–Kier alpha value is -3.39. The fraction of sp³-hybridized carbons (Fsp3) is 0.296. The second kappa shape index (κ2) is 11.8. The number of aromatic nitrogens is 1. The minimum absolute atomic E-state index is 0.187. The molecule has 0 atom stereocenters. The summed E-state index contributed by atoms with van der Waals surface area (Å²) in [4.78, 5) is 30.3. The number of aryl methyl sites for hydroxylation is 2. The van der Waals surface area contributed by atoms with Crippen LogP contribution in [0.25, 0.3) is 11.1 Å². The van der Waals surface area contributed by atoms with Gasteiger partial charge in [-0.2, -0.15) is 0 Å². The van der Waals surface area contributed by atoms with E-state index in [1.54, 1.807) is 45.9 Å². The van der Waals surface area contributed by atoms with Gasteiger partial charge >= 0.3 is 11.9 Å². The van der Waals surface area contributed by atoms with Crippen LogP contribution in [0.5, 0.6) is 11.5 Å². The number of hydrogen-bond acceptors (Lipinski definition) is 7. The number of benzene rings is 2. The minimum atomic E-state index is -0.563. The highest BCUT2D eigenvalue weighted by Gasteiger charge is 2.28. The molecule has 2 aromatic carbocycles. The van der Waals surface area contributed by atoms with Gasteiger partial charge in [-0.1, -0.05) is 34.1 Å². The van der Waals surface area contributed by atoms with Gasteiger partial charge in [-0.15, -0.1) is 0 Å². The summed E-state index contributed by atoms with van der Waals surface area (Å²) in [5.74, 6) is -0.151. The smallest absolute Gasteiger partial charge is 0.340 e. The van der Waals surface area contributed by atoms with Crippen LogP contribution in [0.2, 0.25) is 0 Å². The van der Waals surface area contributed by atoms with E-state index in [1.165, 1.54) is 7.11 Å². The van der Waals surface area contributed by atoms with Crippen LogP contribution < -0.4 is 9.47 Å². The van der Waals surface area contributed by atoms with E-state index in [4.69, 9.17) is 18.9 Å². The third-order valence-electron chi connectivity index (χ3n) is 5.25. The molecule has 184 valence electrons. The van der Waals surface area contributed by atoms with E-state index in [2.05, 4.69) is 20.9 Å². The van der Waals surface area contributed by atoms with E-state index in [0.29, 0.717) is 40.6 Å². The van der Waals surface area contributed by atoms with Crippen molar-refractivity contribution in [1.82, 2.24) is 4.98 Å². The number of carbonyl (C=O) groups is 2. The second-order valence-electron chi connectivity index (χ2n) is 7.63. The molecule has 0 unspecified atom stereocenters. The van der Waals surface area contributed by atoms with Crippen LogP contribution >= 0.6 is 15.9 Å². The maximum Gasteiger partial charge on any atom is 0.340 e. The summed E-state index contributed by atoms with van der Waals surface area (Å²) in [6.45, 7) is 7.58. The first-order valence-electron chi connectivity index (χ1n) is 11.2. The van der Waals surface area contributed by atoms with E-state index in [-0.39, 0.29) is 24.3 Å². The quantitative estimate of drug-likeness (QED) is 0.304. The Kier molecular flexibility index (Phi) is 8.87. The lowest BCUT2D eigenvalue weighted by molar-refractivity contribution is 0.0525. The Morgan fingerprint density at radius 2 is 1.51 bits per heavy atom. The van der Waals surface area contributed by atoms with Crippen molar-refractivity contribution in [2.45, 2.75) is 34.3 Å².